The molecule has 4 heterocycles. The van der Waals surface area contributed by atoms with E-state index in [0.717, 1.165) is 77.9 Å². The molecule has 0 amide bonds. The van der Waals surface area contributed by atoms with Gasteiger partial charge in [-0.15, -0.1) is 53.6 Å². The molecule has 0 spiro atoms. The number of para-hydroxylation sites is 4. The molecule has 1 aliphatic rings. The molecule has 6 aromatic carbocycles. The minimum absolute atomic E-state index is 0. The van der Waals surface area contributed by atoms with Gasteiger partial charge in [-0.25, -0.2) is 4.98 Å². The minimum atomic E-state index is -0.161. The Hall–Kier alpha value is -5.84. The van der Waals surface area contributed by atoms with E-state index in [-0.39, 0.29) is 31.9 Å². The van der Waals surface area contributed by atoms with Crippen LogP contribution in [0.1, 0.15) is 52.7 Å². The van der Waals surface area contributed by atoms with Crippen LogP contribution in [0.4, 0.5) is 22.7 Å². The van der Waals surface area contributed by atoms with Crippen molar-refractivity contribution < 1.29 is 30.2 Å². The van der Waals surface area contributed by atoms with Gasteiger partial charge in [0.1, 0.15) is 17.0 Å². The SMILES string of the molecule is CC(C)(C)c1cc(Oc2[c-]c3c(cc2)c2ccccc2n3-c2cc(C(C)(C)C)ccn2)[c-]c(N2[CH-]N(c3cccc4oc5ccccc5c34)c3ccccc32)c1.[Pt]. The van der Waals surface area contributed by atoms with E-state index in [1.54, 1.807) is 0 Å². The molecule has 0 fully saturated rings. The van der Waals surface area contributed by atoms with E-state index in [9.17, 15) is 0 Å². The number of rotatable bonds is 5. The van der Waals surface area contributed by atoms with Gasteiger partial charge in [-0.2, -0.15) is 6.07 Å². The number of hydrogen-bond acceptors (Lipinski definition) is 5. The molecule has 0 saturated carbocycles. The Morgan fingerprint density at radius 3 is 2.07 bits per heavy atom. The van der Waals surface area contributed by atoms with Crippen LogP contribution in [0.15, 0.2) is 138 Å². The van der Waals surface area contributed by atoms with Crippen molar-refractivity contribution in [2.45, 2.75) is 52.4 Å². The van der Waals surface area contributed by atoms with E-state index in [4.69, 9.17) is 14.1 Å². The van der Waals surface area contributed by atoms with Crippen molar-refractivity contribution in [1.82, 2.24) is 9.55 Å². The fourth-order valence-electron chi connectivity index (χ4n) is 7.90. The quantitative estimate of drug-likeness (QED) is 0.161. The van der Waals surface area contributed by atoms with Crippen molar-refractivity contribution in [3.63, 3.8) is 0 Å². The Morgan fingerprint density at radius 2 is 1.28 bits per heavy atom. The van der Waals surface area contributed by atoms with Gasteiger partial charge in [0.15, 0.2) is 0 Å². The first kappa shape index (κ1) is 36.8. The summed E-state index contributed by atoms with van der Waals surface area (Å²) in [6.07, 6.45) is 1.90. The van der Waals surface area contributed by atoms with E-state index >= 15 is 0 Å². The van der Waals surface area contributed by atoms with Gasteiger partial charge in [-0.05, 0) is 70.3 Å². The van der Waals surface area contributed by atoms with E-state index in [1.807, 2.05) is 30.5 Å². The predicted octanol–water partition coefficient (Wildman–Crippen LogP) is 13.5. The van der Waals surface area contributed by atoms with E-state index in [0.29, 0.717) is 11.5 Å². The first-order chi connectivity index (χ1) is 27.0. The molecular weight excluding hydrogens is 884 g/mol. The summed E-state index contributed by atoms with van der Waals surface area (Å²) < 4.78 is 15.3. The molecule has 0 radical (unpaired) electrons. The van der Waals surface area contributed by atoms with Crippen LogP contribution >= 0.6 is 0 Å². The Kier molecular flexibility index (Phi) is 8.82. The number of benzene rings is 6. The van der Waals surface area contributed by atoms with Crippen LogP contribution in [0, 0.1) is 18.8 Å². The normalized spacial score (nSPS) is 13.2. The summed E-state index contributed by atoms with van der Waals surface area (Å²) >= 11 is 0. The van der Waals surface area contributed by atoms with Gasteiger partial charge in [-0.3, -0.25) is 0 Å². The summed E-state index contributed by atoms with van der Waals surface area (Å²) in [7, 11) is 0. The maximum Gasteiger partial charge on any atom is 0.137 e. The zero-order valence-electron chi connectivity index (χ0n) is 32.7. The van der Waals surface area contributed by atoms with Crippen molar-refractivity contribution in [1.29, 1.82) is 0 Å². The number of aromatic nitrogens is 2. The van der Waals surface area contributed by atoms with Gasteiger partial charge in [0.25, 0.3) is 0 Å². The largest absolute Gasteiger partial charge is 0.509 e. The summed E-state index contributed by atoms with van der Waals surface area (Å²) in [5.74, 6) is 2.08. The zero-order valence-corrected chi connectivity index (χ0v) is 35.0. The molecule has 3 aromatic heterocycles. The molecule has 0 aliphatic carbocycles. The Labute approximate surface area is 347 Å². The first-order valence-corrected chi connectivity index (χ1v) is 19.1. The number of furan rings is 1. The van der Waals surface area contributed by atoms with Crippen LogP contribution in [-0.2, 0) is 31.9 Å². The standard InChI is InChI=1S/C50H41N4O2.Pt/c1-49(2,3)32-24-25-51-47(28-32)54-40-16-9-7-14-37(40)38-23-22-35(30-44(38)54)55-36-27-33(50(4,5)6)26-34(29-36)52-31-53(42-18-11-10-17-41(42)52)43-19-13-21-46-48(43)39-15-8-12-20-45(39)56-46;/h7-28,31H,1-6H3;/q-3;. The van der Waals surface area contributed by atoms with Gasteiger partial charge in [-0.1, -0.05) is 102 Å². The van der Waals surface area contributed by atoms with Crippen LogP contribution in [-0.4, -0.2) is 9.55 Å². The van der Waals surface area contributed by atoms with Gasteiger partial charge in [0.05, 0.1) is 0 Å². The fourth-order valence-corrected chi connectivity index (χ4v) is 7.90. The van der Waals surface area contributed by atoms with Gasteiger partial charge in [0.2, 0.25) is 0 Å². The van der Waals surface area contributed by atoms with Crippen molar-refractivity contribution in [2.75, 3.05) is 9.80 Å². The molecular formula is C50H41N4O2Pt-3. The monoisotopic (exact) mass is 924 g/mol. The maximum absolute atomic E-state index is 6.77. The molecule has 10 rings (SSSR count). The van der Waals surface area contributed by atoms with Crippen LogP contribution in [0.5, 0.6) is 11.5 Å². The molecule has 286 valence electrons. The van der Waals surface area contributed by atoms with Crippen LogP contribution < -0.4 is 14.5 Å². The van der Waals surface area contributed by atoms with Gasteiger partial charge >= 0.3 is 0 Å². The molecule has 1 aliphatic heterocycles. The van der Waals surface area contributed by atoms with Crippen molar-refractivity contribution in [2.24, 2.45) is 0 Å². The average molecular weight is 925 g/mol. The van der Waals surface area contributed by atoms with E-state index in [2.05, 4.69) is 178 Å². The minimum Gasteiger partial charge on any atom is -0.509 e. The van der Waals surface area contributed by atoms with Crippen molar-refractivity contribution in [3.05, 3.63) is 164 Å². The third kappa shape index (κ3) is 6.27. The number of pyridine rings is 1. The number of nitrogens with zero attached hydrogens (tertiary/aromatic N) is 4. The molecule has 6 nitrogen and oxygen atoms in total. The predicted molar refractivity (Wildman–Crippen MR) is 229 cm³/mol. The van der Waals surface area contributed by atoms with Crippen molar-refractivity contribution in [3.8, 4) is 17.3 Å². The molecule has 0 atom stereocenters. The first-order valence-electron chi connectivity index (χ1n) is 19.1. The smallest absolute Gasteiger partial charge is 0.137 e. The molecule has 0 N–H and O–H groups in total. The average Bonchev–Trinajstić information content (AvgIpc) is 3.87. The summed E-state index contributed by atoms with van der Waals surface area (Å²) in [4.78, 5) is 9.31. The number of fused-ring (bicyclic) bond motifs is 7. The second kappa shape index (κ2) is 13.7. The maximum atomic E-state index is 6.77. The fraction of sp³-hybridized carbons (Fsp3) is 0.160. The zero-order chi connectivity index (χ0) is 38.3. The summed E-state index contributed by atoms with van der Waals surface area (Å²) in [5.41, 5.74) is 9.92. The van der Waals surface area contributed by atoms with Gasteiger partial charge < -0.3 is 23.5 Å². The number of hydrogen-bond donors (Lipinski definition) is 0. The Morgan fingerprint density at radius 1 is 0.596 bits per heavy atom. The topological polar surface area (TPSA) is 46.7 Å². The molecule has 7 heteroatoms. The van der Waals surface area contributed by atoms with Crippen LogP contribution in [0.2, 0.25) is 0 Å². The Balaban J connectivity index is 0.00000422. The number of ether oxygens (including phenoxy) is 1. The molecule has 0 saturated heterocycles. The molecule has 57 heavy (non-hydrogen) atoms. The summed E-state index contributed by atoms with van der Waals surface area (Å²) in [6, 6.07) is 51.5. The second-order valence-electron chi connectivity index (χ2n) is 16.7. The van der Waals surface area contributed by atoms with Crippen LogP contribution in [0.25, 0.3) is 49.6 Å². The third-order valence-electron chi connectivity index (χ3n) is 10.8. The van der Waals surface area contributed by atoms with E-state index < -0.39 is 0 Å². The molecule has 0 unspecified atom stereocenters. The summed E-state index contributed by atoms with van der Waals surface area (Å²) in [5, 5.41) is 4.40. The van der Waals surface area contributed by atoms with Crippen molar-refractivity contribution >= 4 is 66.5 Å². The Bertz CT molecular complexity index is 2980. The number of anilines is 4. The van der Waals surface area contributed by atoms with Gasteiger partial charge in [0, 0.05) is 72.1 Å². The molecule has 9 aromatic rings. The third-order valence-corrected chi connectivity index (χ3v) is 10.8. The molecule has 0 bridgehead atoms. The summed E-state index contributed by atoms with van der Waals surface area (Å²) in [6.45, 7) is 15.5. The second-order valence-corrected chi connectivity index (χ2v) is 16.7. The van der Waals surface area contributed by atoms with E-state index in [1.165, 1.54) is 5.56 Å². The van der Waals surface area contributed by atoms with Crippen LogP contribution in [0.3, 0.4) is 0 Å².